The number of aryl methyl sites for hydroxylation is 11. The van der Waals surface area contributed by atoms with Crippen molar-refractivity contribution in [3.8, 4) is 11.5 Å². The van der Waals surface area contributed by atoms with E-state index in [-0.39, 0.29) is 0 Å². The molecule has 700 valence electrons. The summed E-state index contributed by atoms with van der Waals surface area (Å²) in [5.41, 5.74) is 21.5. The number of pyridine rings is 3. The standard InChI is InChI=1S/C12H18N2O.C12H20N2S.C12H17NO.C11H16N2O.C10H14.C9H13N.2C8H14N2.C8H13NO.C8H13NS.C7H12N2/c1-10(2)11-3-4-13-12(9-11)14-5-7-15-8-6-14;1-9(2)11-10(3)13-12(15-11)14-7-5-4-6-8-14;1-9(2)10-4-5-11-12(8-10)14-7-6-13(11)3;1-8(2)9-6-10-11(12-7-9)13(3)4-5-14-10;1-8(2)10-6-4-5-9(3)7-10;1-7(2)9-4-8(3)5-10-6-9;1-6(2)8-5-9-10(4)7(8)3;1-6(2)8-5-7(3)9-10(8)4;1-5(2)8-6(3)9-10-7(8)4;1-5(2)8-6(3)9-7(4)10-8;1-6(2)7-4-5-8-9(7)3/h3-4,9-10H,5-8H2,1-2H3;9H,4-8H2,1-3H3;4-5,8-9H,6-7H2,1-3H3;6-8H,4-5H2,1-3H3;4-8H,1-3H3;4-7H,1-3H3;2*5-6H,1-4H3;2*5H,1-4H3;4-6H,1-3H3. The molecule has 4 aliphatic rings. The summed E-state index contributed by atoms with van der Waals surface area (Å²) in [6, 6.07) is 27.9. The normalized spacial score (nSPS) is 13.3. The van der Waals surface area contributed by atoms with Gasteiger partial charge >= 0.3 is 0 Å². The van der Waals surface area contributed by atoms with E-state index in [9.17, 15) is 0 Å². The summed E-state index contributed by atoms with van der Waals surface area (Å²) < 4.78 is 27.3. The monoisotopic (exact) mass is 1780 g/mol. The van der Waals surface area contributed by atoms with E-state index in [0.717, 1.165) is 92.9 Å². The lowest BCUT2D eigenvalue weighted by Crippen LogP contribution is -2.36. The van der Waals surface area contributed by atoms with Crippen molar-refractivity contribution >= 4 is 45.1 Å². The first kappa shape index (κ1) is 108. The predicted octanol–water partition coefficient (Wildman–Crippen LogP) is 26.5. The molecule has 0 unspecified atom stereocenters. The lowest BCUT2D eigenvalue weighted by Gasteiger charge is -2.28. The minimum atomic E-state index is 0.503. The highest BCUT2D eigenvalue weighted by Gasteiger charge is 2.22. The van der Waals surface area contributed by atoms with E-state index in [1.807, 2.05) is 129 Å². The van der Waals surface area contributed by atoms with Gasteiger partial charge in [0, 0.05) is 125 Å². The van der Waals surface area contributed by atoms with Crippen molar-refractivity contribution in [2.45, 2.75) is 299 Å². The van der Waals surface area contributed by atoms with Crippen LogP contribution in [0.3, 0.4) is 0 Å². The van der Waals surface area contributed by atoms with Crippen LogP contribution in [0.15, 0.2) is 121 Å². The summed E-state index contributed by atoms with van der Waals surface area (Å²) in [7, 11) is 10.1. The molecule has 20 nitrogen and oxygen atoms in total. The molecule has 13 heterocycles. The van der Waals surface area contributed by atoms with E-state index < -0.39 is 0 Å². The number of likely N-dealkylation sites (N-methyl/N-ethyl adjacent to an activating group) is 2. The summed E-state index contributed by atoms with van der Waals surface area (Å²) in [5.74, 6) is 11.3. The highest BCUT2D eigenvalue weighted by molar-refractivity contribution is 7.15. The molecule has 0 N–H and O–H groups in total. The number of morpholine rings is 1. The number of hydrogen-bond donors (Lipinski definition) is 0. The number of nitrogens with zero attached hydrogens (tertiary/aromatic N) is 16. The molecule has 0 aliphatic carbocycles. The molecule has 0 bridgehead atoms. The minimum absolute atomic E-state index is 0.503. The van der Waals surface area contributed by atoms with Crippen LogP contribution in [0.5, 0.6) is 11.5 Å². The second-order valence-electron chi connectivity index (χ2n) is 37.3. The molecule has 9 aromatic heterocycles. The van der Waals surface area contributed by atoms with E-state index in [1.54, 1.807) is 0 Å². The van der Waals surface area contributed by atoms with E-state index >= 15 is 0 Å². The molecule has 0 atom stereocenters. The molecule has 11 aromatic rings. The number of benzene rings is 2. The van der Waals surface area contributed by atoms with E-state index in [1.165, 1.54) is 136 Å². The van der Waals surface area contributed by atoms with Gasteiger partial charge in [0.1, 0.15) is 30.5 Å². The van der Waals surface area contributed by atoms with Gasteiger partial charge in [-0.25, -0.2) is 19.9 Å². The number of fused-ring (bicyclic) bond motifs is 2. The molecule has 127 heavy (non-hydrogen) atoms. The average molecular weight is 1780 g/mol. The van der Waals surface area contributed by atoms with E-state index in [2.05, 4.69) is 334 Å². The van der Waals surface area contributed by atoms with Crippen LogP contribution in [-0.2, 0) is 25.9 Å². The zero-order valence-corrected chi connectivity index (χ0v) is 86.8. The van der Waals surface area contributed by atoms with Crippen molar-refractivity contribution in [2.75, 3.05) is 99.4 Å². The van der Waals surface area contributed by atoms with Gasteiger partial charge in [-0.05, 0) is 228 Å². The Morgan fingerprint density at radius 2 is 0.953 bits per heavy atom. The molecular formula is C105H164N16O4S2. The largest absolute Gasteiger partial charge is 0.490 e. The van der Waals surface area contributed by atoms with Crippen molar-refractivity contribution in [1.29, 1.82) is 0 Å². The van der Waals surface area contributed by atoms with Crippen LogP contribution in [0.2, 0.25) is 0 Å². The smallest absolute Gasteiger partial charge is 0.185 e. The van der Waals surface area contributed by atoms with Crippen LogP contribution >= 0.6 is 22.7 Å². The van der Waals surface area contributed by atoms with Crippen LogP contribution < -0.4 is 29.1 Å². The summed E-state index contributed by atoms with van der Waals surface area (Å²) in [4.78, 5) is 34.0. The molecule has 22 heteroatoms. The van der Waals surface area contributed by atoms with Crippen molar-refractivity contribution in [3.05, 3.63) is 226 Å². The molecule has 2 aromatic carbocycles. The maximum atomic E-state index is 5.64. The van der Waals surface area contributed by atoms with Gasteiger partial charge in [-0.15, -0.1) is 22.7 Å². The molecule has 2 fully saturated rings. The van der Waals surface area contributed by atoms with Gasteiger partial charge in [0.25, 0.3) is 0 Å². The number of piperidine rings is 1. The Bertz CT molecular complexity index is 4750. The fraction of sp³-hybridized carbons (Fsp3) is 0.571. The van der Waals surface area contributed by atoms with Crippen molar-refractivity contribution in [1.82, 2.24) is 59.4 Å². The van der Waals surface area contributed by atoms with Gasteiger partial charge in [0.05, 0.1) is 66.0 Å². The fourth-order valence-electron chi connectivity index (χ4n) is 14.7. The Balaban J connectivity index is 0.000000249. The lowest BCUT2D eigenvalue weighted by molar-refractivity contribution is 0.122. The molecule has 0 radical (unpaired) electrons. The first-order chi connectivity index (χ1) is 59.9. The molecular weight excluding hydrogens is 1610 g/mol. The second-order valence-corrected chi connectivity index (χ2v) is 39.5. The summed E-state index contributed by atoms with van der Waals surface area (Å²) in [6.07, 6.45) is 15.5. The van der Waals surface area contributed by atoms with Gasteiger partial charge < -0.3 is 38.3 Å². The molecule has 2 saturated heterocycles. The maximum Gasteiger partial charge on any atom is 0.185 e. The summed E-state index contributed by atoms with van der Waals surface area (Å²) in [5, 5.41) is 18.7. The Hall–Kier alpha value is -9.25. The van der Waals surface area contributed by atoms with Gasteiger partial charge in [0.15, 0.2) is 16.7 Å². The highest BCUT2D eigenvalue weighted by Crippen LogP contribution is 2.36. The van der Waals surface area contributed by atoms with Crippen molar-refractivity contribution in [3.63, 3.8) is 0 Å². The zero-order valence-electron chi connectivity index (χ0n) is 85.1. The number of aromatic nitrogens is 12. The minimum Gasteiger partial charge on any atom is -0.490 e. The molecule has 15 rings (SSSR count). The fourth-order valence-corrected chi connectivity index (χ4v) is 16.8. The topological polar surface area (TPSA) is 185 Å². The Labute approximate surface area is 775 Å². The quantitative estimate of drug-likeness (QED) is 0.106. The van der Waals surface area contributed by atoms with Gasteiger partial charge in [-0.3, -0.25) is 19.0 Å². The van der Waals surface area contributed by atoms with Crippen LogP contribution in [0, 0.1) is 62.3 Å². The van der Waals surface area contributed by atoms with Crippen LogP contribution in [0.25, 0.3) is 0 Å². The Morgan fingerprint density at radius 1 is 0.394 bits per heavy atom. The number of rotatable bonds is 13. The molecule has 0 saturated carbocycles. The van der Waals surface area contributed by atoms with Gasteiger partial charge in [-0.2, -0.15) is 15.3 Å². The van der Waals surface area contributed by atoms with E-state index in [0.29, 0.717) is 65.1 Å². The first-order valence-corrected chi connectivity index (χ1v) is 48.2. The van der Waals surface area contributed by atoms with Crippen LogP contribution in [0.4, 0.5) is 22.5 Å². The Kier molecular flexibility index (Phi) is 46.3. The second kappa shape index (κ2) is 54.3. The summed E-state index contributed by atoms with van der Waals surface area (Å²) >= 11 is 3.70. The molecule has 4 aliphatic heterocycles. The van der Waals surface area contributed by atoms with Gasteiger partial charge in [0.2, 0.25) is 0 Å². The van der Waals surface area contributed by atoms with Gasteiger partial charge in [-0.1, -0.05) is 199 Å². The highest BCUT2D eigenvalue weighted by atomic mass is 32.1. The predicted molar refractivity (Wildman–Crippen MR) is 540 cm³/mol. The third kappa shape index (κ3) is 36.0. The Morgan fingerprint density at radius 3 is 1.39 bits per heavy atom. The van der Waals surface area contributed by atoms with Crippen LogP contribution in [0.1, 0.15) is 347 Å². The van der Waals surface area contributed by atoms with E-state index in [4.69, 9.17) is 23.7 Å². The molecule has 0 amide bonds. The zero-order chi connectivity index (χ0) is 94.6. The molecule has 0 spiro atoms. The van der Waals surface area contributed by atoms with Crippen molar-refractivity contribution in [2.24, 2.45) is 21.1 Å². The average Bonchev–Trinajstić information content (AvgIpc) is 1.58. The third-order valence-corrected chi connectivity index (χ3v) is 25.3. The SMILES string of the molecule is CC(C)c1ccc2c(c1)OCCN2C.CC(C)c1ccnc(N2CCOCC2)c1.CC(C)c1ccnn1C.CC(C)c1cnc2c(c1)OCCN2C.Cc1c(C(C)C)cnn1C.Cc1cc(C(C)C)n(C)n1.Cc1cccc(C(C)C)c1.Cc1cncc(C(C)C)c1.Cc1nc(C)c(C(C)C)s1.Cc1nc(N2CCCCC2)sc1C(C)C.Cc1noc(C)c1C(C)C. The maximum absolute atomic E-state index is 5.64. The number of anilines is 4. The first-order valence-electron chi connectivity index (χ1n) is 46.5. The number of hydrogen-bond acceptors (Lipinski definition) is 19. The lowest BCUT2D eigenvalue weighted by atomic mass is 10.0. The van der Waals surface area contributed by atoms with Crippen LogP contribution in [-0.4, -0.2) is 139 Å². The van der Waals surface area contributed by atoms with Crippen molar-refractivity contribution < 1.29 is 18.7 Å². The number of thiazole rings is 2. The third-order valence-electron chi connectivity index (χ3n) is 22.4. The summed E-state index contributed by atoms with van der Waals surface area (Å²) in [6.45, 7) is 76.1. The number of ether oxygens (including phenoxy) is 3.